The molecule has 164 valence electrons. The van der Waals surface area contributed by atoms with Crippen LogP contribution in [0.15, 0.2) is 90.3 Å². The predicted molar refractivity (Wildman–Crippen MR) is 126 cm³/mol. The van der Waals surface area contributed by atoms with Gasteiger partial charge in [0.15, 0.2) is 11.5 Å². The lowest BCUT2D eigenvalue weighted by Gasteiger charge is -2.12. The lowest BCUT2D eigenvalue weighted by molar-refractivity contribution is 0.0730. The van der Waals surface area contributed by atoms with Crippen molar-refractivity contribution in [3.63, 3.8) is 0 Å². The minimum absolute atomic E-state index is 0.298. The highest BCUT2D eigenvalue weighted by Gasteiger charge is 2.15. The molecule has 1 aromatic heterocycles. The van der Waals surface area contributed by atoms with Crippen LogP contribution in [0.2, 0.25) is 0 Å². The lowest BCUT2D eigenvalue weighted by atomic mass is 10.0. The molecule has 7 heteroatoms. The molecule has 0 radical (unpaired) electrons. The number of carbonyl (C=O) groups excluding carboxylic acids is 2. The molecule has 1 heterocycles. The van der Waals surface area contributed by atoms with E-state index < -0.39 is 5.97 Å². The third-order valence-corrected chi connectivity index (χ3v) is 4.78. The number of aromatic nitrogens is 1. The summed E-state index contributed by atoms with van der Waals surface area (Å²) in [5.41, 5.74) is 3.99. The Kier molecular flexibility index (Phi) is 6.70. The second kappa shape index (κ2) is 10.2. The molecule has 1 amide bonds. The summed E-state index contributed by atoms with van der Waals surface area (Å²) in [4.78, 5) is 28.9. The first-order chi connectivity index (χ1) is 16.2. The Balaban J connectivity index is 1.51. The topological polar surface area (TPSA) is 89.9 Å². The predicted octanol–water partition coefficient (Wildman–Crippen LogP) is 4.62. The van der Waals surface area contributed by atoms with Gasteiger partial charge >= 0.3 is 5.97 Å². The van der Waals surface area contributed by atoms with Crippen molar-refractivity contribution in [2.75, 3.05) is 6.61 Å². The van der Waals surface area contributed by atoms with Crippen LogP contribution < -0.4 is 14.9 Å². The average Bonchev–Trinajstić information content (AvgIpc) is 2.85. The summed E-state index contributed by atoms with van der Waals surface area (Å²) in [6.07, 6.45) is 4.52. The Morgan fingerprint density at radius 1 is 1.00 bits per heavy atom. The van der Waals surface area contributed by atoms with Gasteiger partial charge in [0, 0.05) is 12.4 Å². The van der Waals surface area contributed by atoms with Crippen LogP contribution in [0.4, 0.5) is 0 Å². The van der Waals surface area contributed by atoms with E-state index in [0.29, 0.717) is 34.8 Å². The fourth-order valence-corrected chi connectivity index (χ4v) is 3.24. The monoisotopic (exact) mass is 439 g/mol. The van der Waals surface area contributed by atoms with Gasteiger partial charge in [0.25, 0.3) is 5.91 Å². The summed E-state index contributed by atoms with van der Waals surface area (Å²) in [6.45, 7) is 2.22. The van der Waals surface area contributed by atoms with E-state index in [1.165, 1.54) is 12.4 Å². The van der Waals surface area contributed by atoms with E-state index in [1.807, 2.05) is 43.3 Å². The van der Waals surface area contributed by atoms with Crippen LogP contribution in [0.5, 0.6) is 11.5 Å². The molecule has 33 heavy (non-hydrogen) atoms. The maximum atomic E-state index is 12.9. The normalized spacial score (nSPS) is 10.8. The third-order valence-electron chi connectivity index (χ3n) is 4.78. The van der Waals surface area contributed by atoms with Crippen LogP contribution in [-0.4, -0.2) is 29.7 Å². The summed E-state index contributed by atoms with van der Waals surface area (Å²) in [5, 5.41) is 5.75. The SMILES string of the molecule is CCOc1cc(C=NNC(=O)c2cccnc2)ccc1OC(=O)c1cccc2ccccc12. The summed E-state index contributed by atoms with van der Waals surface area (Å²) in [7, 11) is 0. The second-order valence-electron chi connectivity index (χ2n) is 7.00. The molecule has 0 saturated carbocycles. The second-order valence-corrected chi connectivity index (χ2v) is 7.00. The summed E-state index contributed by atoms with van der Waals surface area (Å²) in [5.74, 6) is -0.150. The number of pyridine rings is 1. The van der Waals surface area contributed by atoms with Crippen molar-refractivity contribution in [1.29, 1.82) is 0 Å². The minimum atomic E-state index is -0.474. The van der Waals surface area contributed by atoms with Crippen LogP contribution in [0.1, 0.15) is 33.2 Å². The number of hydrazone groups is 1. The van der Waals surface area contributed by atoms with E-state index >= 15 is 0 Å². The largest absolute Gasteiger partial charge is 0.490 e. The summed E-state index contributed by atoms with van der Waals surface area (Å²) < 4.78 is 11.3. The van der Waals surface area contributed by atoms with E-state index in [1.54, 1.807) is 42.6 Å². The number of esters is 1. The van der Waals surface area contributed by atoms with Gasteiger partial charge in [0.2, 0.25) is 0 Å². The summed E-state index contributed by atoms with van der Waals surface area (Å²) >= 11 is 0. The zero-order valence-corrected chi connectivity index (χ0v) is 17.9. The van der Waals surface area contributed by atoms with E-state index in [0.717, 1.165) is 10.8 Å². The van der Waals surface area contributed by atoms with Gasteiger partial charge in [-0.3, -0.25) is 9.78 Å². The Bertz CT molecular complexity index is 1310. The minimum Gasteiger partial charge on any atom is -0.490 e. The number of carbonyl (C=O) groups is 2. The van der Waals surface area contributed by atoms with Crippen molar-refractivity contribution >= 4 is 28.9 Å². The molecular formula is C26H21N3O4. The molecule has 4 rings (SSSR count). The van der Waals surface area contributed by atoms with E-state index in [9.17, 15) is 9.59 Å². The molecule has 0 aliphatic heterocycles. The number of nitrogens with zero attached hydrogens (tertiary/aromatic N) is 2. The first-order valence-corrected chi connectivity index (χ1v) is 10.4. The highest BCUT2D eigenvalue weighted by Crippen LogP contribution is 2.30. The Labute approximate surface area is 190 Å². The molecule has 7 nitrogen and oxygen atoms in total. The van der Waals surface area contributed by atoms with Gasteiger partial charge in [-0.25, -0.2) is 10.2 Å². The summed E-state index contributed by atoms with van der Waals surface area (Å²) in [6, 6.07) is 21.5. The zero-order chi connectivity index (χ0) is 23.0. The van der Waals surface area contributed by atoms with Crippen LogP contribution >= 0.6 is 0 Å². The molecule has 0 bridgehead atoms. The Morgan fingerprint density at radius 3 is 2.67 bits per heavy atom. The molecule has 0 saturated heterocycles. The third kappa shape index (κ3) is 5.22. The molecule has 0 spiro atoms. The van der Waals surface area contributed by atoms with Crippen LogP contribution in [0.3, 0.4) is 0 Å². The average molecular weight is 439 g/mol. The van der Waals surface area contributed by atoms with E-state index in [4.69, 9.17) is 9.47 Å². The molecule has 0 aliphatic carbocycles. The van der Waals surface area contributed by atoms with Gasteiger partial charge in [-0.05, 0) is 59.7 Å². The number of nitrogens with one attached hydrogen (secondary N) is 1. The highest BCUT2D eigenvalue weighted by molar-refractivity contribution is 6.05. The van der Waals surface area contributed by atoms with Crippen molar-refractivity contribution in [3.05, 3.63) is 102 Å². The van der Waals surface area contributed by atoms with Crippen molar-refractivity contribution in [2.24, 2.45) is 5.10 Å². The highest BCUT2D eigenvalue weighted by atomic mass is 16.6. The standard InChI is InChI=1S/C26H21N3O4/c1-2-32-24-15-18(16-28-29-25(30)20-9-6-14-27-17-20)12-13-23(24)33-26(31)22-11-5-8-19-7-3-4-10-21(19)22/h3-17H,2H2,1H3,(H,29,30). The smallest absolute Gasteiger partial charge is 0.344 e. The number of rotatable bonds is 7. The fourth-order valence-electron chi connectivity index (χ4n) is 3.24. The van der Waals surface area contributed by atoms with Gasteiger partial charge < -0.3 is 9.47 Å². The van der Waals surface area contributed by atoms with Crippen LogP contribution in [0.25, 0.3) is 10.8 Å². The number of ether oxygens (including phenoxy) is 2. The number of amides is 1. The van der Waals surface area contributed by atoms with Crippen molar-refractivity contribution in [2.45, 2.75) is 6.92 Å². The molecule has 0 atom stereocenters. The number of hydrogen-bond acceptors (Lipinski definition) is 6. The van der Waals surface area contributed by atoms with Gasteiger partial charge in [0.1, 0.15) is 0 Å². The van der Waals surface area contributed by atoms with Crippen molar-refractivity contribution in [3.8, 4) is 11.5 Å². The molecule has 4 aromatic rings. The first-order valence-electron chi connectivity index (χ1n) is 10.4. The van der Waals surface area contributed by atoms with Crippen LogP contribution in [0, 0.1) is 0 Å². The first kappa shape index (κ1) is 21.7. The maximum Gasteiger partial charge on any atom is 0.344 e. The lowest BCUT2D eigenvalue weighted by Crippen LogP contribution is -2.17. The Morgan fingerprint density at radius 2 is 1.85 bits per heavy atom. The fraction of sp³-hybridized carbons (Fsp3) is 0.0769. The zero-order valence-electron chi connectivity index (χ0n) is 17.9. The molecule has 3 aromatic carbocycles. The van der Waals surface area contributed by atoms with E-state index in [2.05, 4.69) is 15.5 Å². The number of hydrogen-bond donors (Lipinski definition) is 1. The number of benzene rings is 3. The quantitative estimate of drug-likeness (QED) is 0.196. The number of fused-ring (bicyclic) bond motifs is 1. The molecule has 0 unspecified atom stereocenters. The van der Waals surface area contributed by atoms with Crippen LogP contribution in [-0.2, 0) is 0 Å². The van der Waals surface area contributed by atoms with Crippen molar-refractivity contribution in [1.82, 2.24) is 10.4 Å². The molecular weight excluding hydrogens is 418 g/mol. The molecule has 0 fully saturated rings. The van der Waals surface area contributed by atoms with Gasteiger partial charge in [-0.15, -0.1) is 0 Å². The van der Waals surface area contributed by atoms with Crippen molar-refractivity contribution < 1.29 is 19.1 Å². The maximum absolute atomic E-state index is 12.9. The Hall–Kier alpha value is -4.52. The van der Waals surface area contributed by atoms with Gasteiger partial charge in [0.05, 0.1) is 23.9 Å². The van der Waals surface area contributed by atoms with Gasteiger partial charge in [-0.1, -0.05) is 36.4 Å². The molecule has 1 N–H and O–H groups in total. The van der Waals surface area contributed by atoms with Gasteiger partial charge in [-0.2, -0.15) is 5.10 Å². The van der Waals surface area contributed by atoms with E-state index in [-0.39, 0.29) is 5.91 Å². The molecule has 0 aliphatic rings.